The number of hydrogen-bond acceptors (Lipinski definition) is 5. The Hall–Kier alpha value is -4.41. The first-order valence-electron chi connectivity index (χ1n) is 12.7. The van der Waals surface area contributed by atoms with Crippen LogP contribution in [0.4, 0.5) is 18.9 Å². The van der Waals surface area contributed by atoms with Crippen molar-refractivity contribution in [1.82, 2.24) is 4.58 Å². The Balaban J connectivity index is 1.79. The van der Waals surface area contributed by atoms with E-state index in [1.807, 2.05) is 24.3 Å². The number of fused-ring (bicyclic) bond motifs is 2. The van der Waals surface area contributed by atoms with Crippen molar-refractivity contribution in [3.05, 3.63) is 81.8 Å². The Morgan fingerprint density at radius 3 is 2.42 bits per heavy atom. The van der Waals surface area contributed by atoms with Gasteiger partial charge >= 0.3 is 5.54 Å². The van der Waals surface area contributed by atoms with E-state index in [9.17, 15) is 15.2 Å². The van der Waals surface area contributed by atoms with Crippen LogP contribution < -0.4 is 19.9 Å². The van der Waals surface area contributed by atoms with Crippen LogP contribution in [0.1, 0.15) is 35.7 Å². The zero-order valence-electron chi connectivity index (χ0n) is 21.4. The van der Waals surface area contributed by atoms with Gasteiger partial charge in [0.25, 0.3) is 0 Å². The Kier molecular flexibility index (Phi) is 6.04. The molecule has 6 rings (SSSR count). The number of aromatic carboxylic acids is 1. The highest BCUT2D eigenvalue weighted by Crippen LogP contribution is 2.48. The lowest BCUT2D eigenvalue weighted by Crippen LogP contribution is -2.40. The molecule has 2 aromatic rings. The van der Waals surface area contributed by atoms with Crippen molar-refractivity contribution in [3.8, 4) is 27.6 Å². The van der Waals surface area contributed by atoms with Crippen LogP contribution in [-0.2, 0) is 5.54 Å². The highest BCUT2D eigenvalue weighted by atomic mass is 32.1. The van der Waals surface area contributed by atoms with E-state index in [0.717, 1.165) is 57.0 Å². The van der Waals surface area contributed by atoms with Gasteiger partial charge in [-0.15, -0.1) is 11.3 Å². The van der Waals surface area contributed by atoms with Crippen LogP contribution in [0, 0.1) is 35.4 Å². The highest BCUT2D eigenvalue weighted by molar-refractivity contribution is 7.21. The van der Waals surface area contributed by atoms with Crippen LogP contribution in [0.3, 0.4) is 0 Å². The van der Waals surface area contributed by atoms with Crippen molar-refractivity contribution in [2.45, 2.75) is 25.3 Å². The number of anilines is 1. The van der Waals surface area contributed by atoms with Crippen molar-refractivity contribution >= 4 is 33.1 Å². The van der Waals surface area contributed by atoms with Crippen molar-refractivity contribution in [2.24, 2.45) is 0 Å². The zero-order valence-corrected chi connectivity index (χ0v) is 22.2. The molecule has 4 aliphatic rings. The van der Waals surface area contributed by atoms with Crippen LogP contribution in [0.2, 0.25) is 0 Å². The van der Waals surface area contributed by atoms with Gasteiger partial charge in [-0.05, 0) is 24.6 Å². The second-order valence-corrected chi connectivity index (χ2v) is 11.3. The quantitative estimate of drug-likeness (QED) is 0.160. The number of nitrogens with zero attached hydrogens (tertiary/aromatic N) is 4. The number of rotatable bonds is 4. The molecule has 6 nitrogen and oxygen atoms in total. The molecule has 40 heavy (non-hydrogen) atoms. The summed E-state index contributed by atoms with van der Waals surface area (Å²) < 4.78 is 50.1. The predicted octanol–water partition coefficient (Wildman–Crippen LogP) is 4.50. The number of carboxylic acid groups (broad SMARTS) is 1. The fraction of sp³-hybridized carbons (Fsp3) is 0.267. The summed E-state index contributed by atoms with van der Waals surface area (Å²) in [6.45, 7) is 11.9. The van der Waals surface area contributed by atoms with Crippen LogP contribution >= 0.6 is 11.3 Å². The van der Waals surface area contributed by atoms with Crippen molar-refractivity contribution < 1.29 is 23.1 Å². The van der Waals surface area contributed by atoms with Crippen LogP contribution in [0.25, 0.3) is 36.5 Å². The lowest BCUT2D eigenvalue weighted by atomic mass is 9.84. The van der Waals surface area contributed by atoms with Gasteiger partial charge in [0, 0.05) is 75.1 Å². The molecule has 0 amide bonds. The molecule has 2 fully saturated rings. The minimum Gasteiger partial charge on any atom is -0.545 e. The van der Waals surface area contributed by atoms with Gasteiger partial charge in [-0.3, -0.25) is 4.85 Å². The summed E-state index contributed by atoms with van der Waals surface area (Å²) in [6.07, 6.45) is 2.11. The van der Waals surface area contributed by atoms with E-state index >= 15 is 13.2 Å². The van der Waals surface area contributed by atoms with Gasteiger partial charge in [0.15, 0.2) is 17.7 Å². The van der Waals surface area contributed by atoms with Crippen molar-refractivity contribution in [1.29, 1.82) is 5.26 Å². The molecule has 2 aromatic carbocycles. The first kappa shape index (κ1) is 25.8. The molecule has 3 heterocycles. The van der Waals surface area contributed by atoms with Gasteiger partial charge in [0.2, 0.25) is 5.36 Å². The molecule has 1 unspecified atom stereocenters. The summed E-state index contributed by atoms with van der Waals surface area (Å²) in [5, 5.41) is 23.3. The zero-order chi connectivity index (χ0) is 28.3. The van der Waals surface area contributed by atoms with E-state index < -0.39 is 45.7 Å². The third-order valence-electron chi connectivity index (χ3n) is 7.83. The topological polar surface area (TPSA) is 74.5 Å². The predicted molar refractivity (Wildman–Crippen MR) is 144 cm³/mol. The number of carbonyl (C=O) groups excluding carboxylic acids is 1. The summed E-state index contributed by atoms with van der Waals surface area (Å²) in [6, 6.07) is 12.5. The maximum Gasteiger partial charge on any atom is 0.343 e. The second kappa shape index (κ2) is 9.35. The molecule has 1 atom stereocenters. The van der Waals surface area contributed by atoms with Gasteiger partial charge in [-0.1, -0.05) is 6.07 Å². The highest BCUT2D eigenvalue weighted by Gasteiger charge is 2.44. The molecule has 0 bridgehead atoms. The van der Waals surface area contributed by atoms with E-state index in [-0.39, 0.29) is 5.56 Å². The molecule has 0 aromatic heterocycles. The van der Waals surface area contributed by atoms with E-state index in [2.05, 4.69) is 14.3 Å². The monoisotopic (exact) mass is 558 g/mol. The lowest BCUT2D eigenvalue weighted by Gasteiger charge is -2.33. The Bertz CT molecular complexity index is 1860. The van der Waals surface area contributed by atoms with E-state index in [1.165, 1.54) is 11.3 Å². The summed E-state index contributed by atoms with van der Waals surface area (Å²) in [5.74, 6) is -7.36. The molecule has 2 saturated heterocycles. The van der Waals surface area contributed by atoms with Crippen molar-refractivity contribution in [2.75, 3.05) is 31.1 Å². The molecule has 0 N–H and O–H groups in total. The summed E-state index contributed by atoms with van der Waals surface area (Å²) in [5.41, 5.74) is -4.19. The lowest BCUT2D eigenvalue weighted by molar-refractivity contribution is -0.255. The first-order chi connectivity index (χ1) is 19.2. The standard InChI is InChI=1S/C30H21F3N4O2S/c1-30(15-34,35-2)25-26(31)23(24(29(38)39)27(32)28(25)33)22-18-7-5-16(36-9-3-10-36)13-20(18)40-21-14-17(6-8-19(21)22)37-11-4-12-37/h5-8,13-14H,3-4,9-12H2,1H3. The molecule has 10 heteroatoms. The maximum atomic E-state index is 16.5. The Morgan fingerprint density at radius 2 is 1.85 bits per heavy atom. The Labute approximate surface area is 231 Å². The van der Waals surface area contributed by atoms with Gasteiger partial charge in [-0.2, -0.15) is 5.26 Å². The molecule has 3 aliphatic heterocycles. The minimum atomic E-state index is -2.44. The minimum absolute atomic E-state index is 0.0381. The summed E-state index contributed by atoms with van der Waals surface area (Å²) in [7, 11) is 0. The molecule has 0 spiro atoms. The fourth-order valence-electron chi connectivity index (χ4n) is 5.33. The normalized spacial score (nSPS) is 16.1. The summed E-state index contributed by atoms with van der Waals surface area (Å²) >= 11 is 1.43. The second-order valence-electron chi connectivity index (χ2n) is 10.2. The SMILES string of the molecule is [C-]#[N+]C(C)(C#N)c1c(F)c(F)c(C(=O)[O-])c(-c2c3ccc(=[N+]4CCC4)cc-3sc3cc(N4CCC4)ccc23)c1F. The smallest absolute Gasteiger partial charge is 0.343 e. The van der Waals surface area contributed by atoms with E-state index in [0.29, 0.717) is 20.5 Å². The third-order valence-corrected chi connectivity index (χ3v) is 8.95. The third kappa shape index (κ3) is 3.75. The number of carboxylic acids is 1. The van der Waals surface area contributed by atoms with Gasteiger partial charge in [-0.25, -0.2) is 24.3 Å². The van der Waals surface area contributed by atoms with Gasteiger partial charge < -0.3 is 14.8 Å². The van der Waals surface area contributed by atoms with Crippen LogP contribution in [0.5, 0.6) is 0 Å². The number of nitriles is 1. The molecular weight excluding hydrogens is 537 g/mol. The molecule has 0 radical (unpaired) electrons. The average molecular weight is 559 g/mol. The number of hydrogen-bond donors (Lipinski definition) is 0. The number of halogens is 3. The largest absolute Gasteiger partial charge is 0.545 e. The number of benzene rings is 3. The van der Waals surface area contributed by atoms with Gasteiger partial charge in [0.1, 0.15) is 24.5 Å². The Morgan fingerprint density at radius 1 is 1.10 bits per heavy atom. The number of carbonyl (C=O) groups is 1. The maximum absolute atomic E-state index is 16.5. The van der Waals surface area contributed by atoms with E-state index in [4.69, 9.17) is 6.57 Å². The molecule has 0 saturated carbocycles. The molecule has 1 aliphatic carbocycles. The summed E-state index contributed by atoms with van der Waals surface area (Å²) in [4.78, 5) is 18.2. The fourth-order valence-corrected chi connectivity index (χ4v) is 6.49. The first-order valence-corrected chi connectivity index (χ1v) is 13.6. The average Bonchev–Trinajstić information content (AvgIpc) is 2.87. The van der Waals surface area contributed by atoms with Crippen LogP contribution in [-0.4, -0.2) is 32.1 Å². The molecular formula is C30H21F3N4O2S. The van der Waals surface area contributed by atoms with E-state index in [1.54, 1.807) is 18.2 Å². The van der Waals surface area contributed by atoms with Crippen LogP contribution in [0.15, 0.2) is 36.4 Å². The van der Waals surface area contributed by atoms with Crippen molar-refractivity contribution in [3.63, 3.8) is 0 Å². The molecule has 200 valence electrons. The van der Waals surface area contributed by atoms with Gasteiger partial charge in [0.05, 0.1) is 12.4 Å².